The van der Waals surface area contributed by atoms with Crippen LogP contribution in [0.3, 0.4) is 0 Å². The number of phenols is 1. The Morgan fingerprint density at radius 1 is 1.09 bits per heavy atom. The maximum atomic E-state index is 14.2. The normalized spacial score (nSPS) is 18.1. The molecule has 4 atom stereocenters. The van der Waals surface area contributed by atoms with Gasteiger partial charge in [-0.1, -0.05) is 68.7 Å². The number of thiazole rings is 1. The molecule has 2 saturated heterocycles. The molecule has 0 spiro atoms. The van der Waals surface area contributed by atoms with Crippen molar-refractivity contribution in [2.24, 2.45) is 22.6 Å². The number of piperazine rings is 1. The number of β-amino-alcohol motifs (C(OH)–C–C–N with tert-alkyl or cyclic N) is 1. The third-order valence-corrected chi connectivity index (χ3v) is 13.0. The number of benzene rings is 2. The van der Waals surface area contributed by atoms with Crippen molar-refractivity contribution in [1.82, 2.24) is 39.9 Å². The number of hydrazone groups is 1. The van der Waals surface area contributed by atoms with E-state index in [1.807, 2.05) is 63.7 Å². The molecule has 0 saturated carbocycles. The third kappa shape index (κ3) is 12.0. The summed E-state index contributed by atoms with van der Waals surface area (Å²) in [6, 6.07) is 15.3. The second-order valence-corrected chi connectivity index (χ2v) is 18.0. The lowest BCUT2D eigenvalue weighted by Gasteiger charge is -2.33. The summed E-state index contributed by atoms with van der Waals surface area (Å²) < 4.78 is 13.4. The molecule has 2 amide bonds. The van der Waals surface area contributed by atoms with Crippen molar-refractivity contribution in [3.05, 3.63) is 119 Å². The van der Waals surface area contributed by atoms with Crippen molar-refractivity contribution >= 4 is 34.4 Å². The molecule has 5 aromatic rings. The highest BCUT2D eigenvalue weighted by Crippen LogP contribution is 2.33. The van der Waals surface area contributed by atoms with Crippen LogP contribution in [0.5, 0.6) is 11.6 Å². The fourth-order valence-corrected chi connectivity index (χ4v) is 9.13. The molecule has 0 unspecified atom stereocenters. The number of nitrogens with one attached hydrogen (secondary N) is 1. The Kier molecular flexibility index (Phi) is 15.9. The number of aromatic nitrogens is 4. The van der Waals surface area contributed by atoms with E-state index in [9.17, 15) is 19.8 Å². The monoisotopic (exact) mass is 929 g/mol. The van der Waals surface area contributed by atoms with Crippen LogP contribution in [-0.4, -0.2) is 127 Å². The Balaban J connectivity index is 0.849. The summed E-state index contributed by atoms with van der Waals surface area (Å²) in [5.41, 5.74) is 13.3. The number of rotatable bonds is 17. The minimum Gasteiger partial charge on any atom is -0.507 e. The fraction of sp³-hybridized carbons (Fsp3) is 0.388. The number of aryl methyl sites for hydroxylation is 1. The molecule has 2 aromatic carbocycles. The van der Waals surface area contributed by atoms with Crippen molar-refractivity contribution in [2.75, 3.05) is 52.4 Å². The smallest absolute Gasteiger partial charge is 0.254 e. The number of aromatic hydroxyl groups is 1. The van der Waals surface area contributed by atoms with Gasteiger partial charge in [-0.05, 0) is 54.3 Å². The van der Waals surface area contributed by atoms with Gasteiger partial charge >= 0.3 is 0 Å². The number of nitrogens with zero attached hydrogens (tertiary/aromatic N) is 8. The van der Waals surface area contributed by atoms with E-state index in [0.717, 1.165) is 47.9 Å². The SMILES string of the molecule is C=C(N)/C(=C\C(=N/N)c1ccccc1O)c1cnn(CC#CCN2CCN(CCOc3cc([C@H](C(=O)N4C[C@H](O)C[C@H]4C(=O)N[C@@H](C)c4ccc(-c5scnc5C)cc4)C(C)C)on3)CC2)c1. The molecule has 5 heterocycles. The van der Waals surface area contributed by atoms with E-state index in [0.29, 0.717) is 60.1 Å². The van der Waals surface area contributed by atoms with Gasteiger partial charge in [0.05, 0.1) is 46.7 Å². The van der Waals surface area contributed by atoms with Crippen LogP contribution in [0, 0.1) is 24.7 Å². The number of amides is 2. The first-order chi connectivity index (χ1) is 32.3. The van der Waals surface area contributed by atoms with Crippen molar-refractivity contribution in [1.29, 1.82) is 0 Å². The molecule has 2 aliphatic heterocycles. The van der Waals surface area contributed by atoms with Crippen molar-refractivity contribution in [2.45, 2.75) is 64.8 Å². The van der Waals surface area contributed by atoms with Crippen molar-refractivity contribution < 1.29 is 29.1 Å². The Morgan fingerprint density at radius 3 is 2.51 bits per heavy atom. The Morgan fingerprint density at radius 2 is 1.82 bits per heavy atom. The topological polar surface area (TPSA) is 227 Å². The number of phenolic OH excluding ortho intramolecular Hbond substituents is 1. The summed E-state index contributed by atoms with van der Waals surface area (Å²) in [5, 5.41) is 36.4. The van der Waals surface area contributed by atoms with E-state index in [2.05, 4.69) is 53.9 Å². The summed E-state index contributed by atoms with van der Waals surface area (Å²) in [6.45, 7) is 17.1. The second-order valence-electron chi connectivity index (χ2n) is 17.2. The minimum absolute atomic E-state index is 0.0456. The molecule has 67 heavy (non-hydrogen) atoms. The first-order valence-electron chi connectivity index (χ1n) is 22.3. The lowest BCUT2D eigenvalue weighted by atomic mass is 9.91. The van der Waals surface area contributed by atoms with Crippen LogP contribution < -0.4 is 21.6 Å². The lowest BCUT2D eigenvalue weighted by molar-refractivity contribution is -0.141. The van der Waals surface area contributed by atoms with E-state index in [-0.39, 0.29) is 48.4 Å². The largest absolute Gasteiger partial charge is 0.507 e. The number of hydrogen-bond acceptors (Lipinski definition) is 15. The minimum atomic E-state index is -0.835. The molecule has 18 heteroatoms. The first-order valence-corrected chi connectivity index (χ1v) is 23.2. The third-order valence-electron chi connectivity index (χ3n) is 12.1. The number of carbonyl (C=O) groups is 2. The number of aliphatic hydroxyl groups is 1. The highest BCUT2D eigenvalue weighted by molar-refractivity contribution is 7.13. The van der Waals surface area contributed by atoms with E-state index in [4.69, 9.17) is 20.8 Å². The van der Waals surface area contributed by atoms with Gasteiger partial charge in [-0.2, -0.15) is 10.2 Å². The van der Waals surface area contributed by atoms with E-state index in [1.165, 1.54) is 4.90 Å². The standard InChI is InChI=1S/C49H59N11O6S/c1-31(2)46(49(64)60-29-38(61)24-42(60)48(63)54-33(4)35-12-14-36(15-13-35)47-34(5)52-30-67-47)44-26-45(56-66-44)65-23-22-58-20-18-57(19-21-58)16-8-9-17-59-28-37(27-53-59)40(32(3)50)25-41(55-51)39-10-6-7-11-43(39)62/h6-7,10-15,25-28,30-31,33,38,42,46,61-62H,3,16-24,29,50-51H2,1-2,4-5H3,(H,54,63)/b40-25+,55-41+/t33-,38+,42-,46+/m0/s1. The number of ether oxygens (including phenoxy) is 1. The molecule has 352 valence electrons. The number of likely N-dealkylation sites (tertiary alicyclic amines) is 1. The quantitative estimate of drug-likeness (QED) is 0.0285. The van der Waals surface area contributed by atoms with Crippen LogP contribution in [0.15, 0.2) is 100 Å². The van der Waals surface area contributed by atoms with Crippen LogP contribution >= 0.6 is 11.3 Å². The van der Waals surface area contributed by atoms with E-state index < -0.39 is 18.1 Å². The molecule has 3 aromatic heterocycles. The van der Waals surface area contributed by atoms with Crippen LogP contribution in [0.4, 0.5) is 0 Å². The molecule has 7 N–H and O–H groups in total. The van der Waals surface area contributed by atoms with Gasteiger partial charge in [0.1, 0.15) is 30.9 Å². The van der Waals surface area contributed by atoms with Crippen molar-refractivity contribution in [3.8, 4) is 33.9 Å². The van der Waals surface area contributed by atoms with Gasteiger partial charge in [-0.15, -0.1) is 11.3 Å². The maximum absolute atomic E-state index is 14.2. The molecule has 2 fully saturated rings. The molecule has 17 nitrogen and oxygen atoms in total. The molecular formula is C49H59N11O6S. The zero-order valence-electron chi connectivity index (χ0n) is 38.3. The van der Waals surface area contributed by atoms with Crippen LogP contribution in [0.25, 0.3) is 16.0 Å². The lowest BCUT2D eigenvalue weighted by Crippen LogP contribution is -2.48. The Bertz CT molecular complexity index is 2630. The summed E-state index contributed by atoms with van der Waals surface area (Å²) >= 11 is 1.59. The first kappa shape index (κ1) is 48.2. The summed E-state index contributed by atoms with van der Waals surface area (Å²) in [7, 11) is 0. The van der Waals surface area contributed by atoms with Gasteiger partial charge in [0.25, 0.3) is 5.88 Å². The van der Waals surface area contributed by atoms with Gasteiger partial charge in [-0.25, -0.2) is 4.98 Å². The summed E-state index contributed by atoms with van der Waals surface area (Å²) in [6.07, 6.45) is 4.48. The summed E-state index contributed by atoms with van der Waals surface area (Å²) in [4.78, 5) is 39.4. The Labute approximate surface area is 394 Å². The summed E-state index contributed by atoms with van der Waals surface area (Å²) in [5.74, 6) is 11.3. The number of nitrogens with two attached hydrogens (primary N) is 2. The predicted molar refractivity (Wildman–Crippen MR) is 258 cm³/mol. The van der Waals surface area contributed by atoms with Gasteiger partial charge in [0.2, 0.25) is 11.8 Å². The number of allylic oxidation sites excluding steroid dienone is 2. The van der Waals surface area contributed by atoms with Gasteiger partial charge in [0, 0.05) is 80.3 Å². The van der Waals surface area contributed by atoms with Gasteiger partial charge in [-0.3, -0.25) is 24.1 Å². The van der Waals surface area contributed by atoms with E-state index in [1.54, 1.807) is 58.6 Å². The molecule has 7 rings (SSSR count). The van der Waals surface area contributed by atoms with E-state index >= 15 is 0 Å². The molecular weight excluding hydrogens is 871 g/mol. The Hall–Kier alpha value is -6.78. The second kappa shape index (κ2) is 22.1. The number of carbonyl (C=O) groups excluding carboxylic acids is 2. The van der Waals surface area contributed by atoms with Crippen molar-refractivity contribution in [3.63, 3.8) is 0 Å². The maximum Gasteiger partial charge on any atom is 0.254 e. The van der Waals surface area contributed by atoms with Gasteiger partial charge in [0.15, 0.2) is 5.76 Å². The number of aliphatic hydroxyl groups excluding tert-OH is 1. The zero-order valence-corrected chi connectivity index (χ0v) is 39.2. The number of para-hydroxylation sites is 1. The molecule has 2 aliphatic rings. The average molecular weight is 930 g/mol. The van der Waals surface area contributed by atoms with Crippen LogP contribution in [-0.2, 0) is 16.1 Å². The molecule has 0 bridgehead atoms. The van der Waals surface area contributed by atoms with Gasteiger partial charge < -0.3 is 41.3 Å². The molecule has 0 aliphatic carbocycles. The molecule has 0 radical (unpaired) electrons. The van der Waals surface area contributed by atoms with Crippen LogP contribution in [0.1, 0.15) is 67.3 Å². The average Bonchev–Trinajstić information content (AvgIpc) is 4.15. The highest BCUT2D eigenvalue weighted by Gasteiger charge is 2.43. The fourth-order valence-electron chi connectivity index (χ4n) is 8.32. The number of hydrogen-bond donors (Lipinski definition) is 5. The predicted octanol–water partition coefficient (Wildman–Crippen LogP) is 4.51. The highest BCUT2D eigenvalue weighted by atomic mass is 32.1. The van der Waals surface area contributed by atoms with Crippen LogP contribution in [0.2, 0.25) is 0 Å². The zero-order chi connectivity index (χ0) is 47.6.